The molecule has 2 unspecified atom stereocenters. The van der Waals surface area contributed by atoms with Gasteiger partial charge in [0.15, 0.2) is 0 Å². The molecule has 0 saturated carbocycles. The minimum Gasteiger partial charge on any atom is -0.481 e. The van der Waals surface area contributed by atoms with E-state index in [1.165, 1.54) is 0 Å². The van der Waals surface area contributed by atoms with Crippen molar-refractivity contribution >= 4 is 23.8 Å². The van der Waals surface area contributed by atoms with Gasteiger partial charge in [-0.15, -0.1) is 0 Å². The molecule has 1 heterocycles. The minimum absolute atomic E-state index is 0.00534. The molecule has 2 atom stereocenters. The number of thioether (sulfide) groups is 1. The number of amides is 2. The monoisotopic (exact) mass is 302 g/mol. The molecule has 0 aliphatic carbocycles. The molecule has 5 nitrogen and oxygen atoms in total. The number of carbonyl (C=O) groups excluding carboxylic acids is 1. The predicted octanol–water partition coefficient (Wildman–Crippen LogP) is 2.41. The molecule has 0 bridgehead atoms. The fourth-order valence-corrected chi connectivity index (χ4v) is 3.12. The van der Waals surface area contributed by atoms with E-state index in [1.807, 2.05) is 23.6 Å². The van der Waals surface area contributed by atoms with E-state index in [0.29, 0.717) is 18.9 Å². The van der Waals surface area contributed by atoms with Crippen molar-refractivity contribution in [2.45, 2.75) is 45.6 Å². The summed E-state index contributed by atoms with van der Waals surface area (Å²) in [7, 11) is 0. The molecule has 116 valence electrons. The summed E-state index contributed by atoms with van der Waals surface area (Å²) in [6.07, 6.45) is 2.86. The van der Waals surface area contributed by atoms with E-state index >= 15 is 0 Å². The van der Waals surface area contributed by atoms with Gasteiger partial charge in [-0.25, -0.2) is 4.79 Å². The van der Waals surface area contributed by atoms with Gasteiger partial charge >= 0.3 is 12.0 Å². The van der Waals surface area contributed by atoms with Gasteiger partial charge in [0.1, 0.15) is 0 Å². The average Bonchev–Trinajstić information content (AvgIpc) is 2.43. The highest BCUT2D eigenvalue weighted by molar-refractivity contribution is 7.99. The van der Waals surface area contributed by atoms with Gasteiger partial charge in [-0.05, 0) is 37.9 Å². The number of nitrogens with zero attached hydrogens (tertiary/aromatic N) is 1. The third kappa shape index (κ3) is 6.50. The number of carbonyl (C=O) groups is 2. The molecule has 0 aromatic rings. The van der Waals surface area contributed by atoms with Crippen molar-refractivity contribution in [3.05, 3.63) is 0 Å². The van der Waals surface area contributed by atoms with Crippen LogP contribution >= 0.6 is 11.8 Å². The topological polar surface area (TPSA) is 69.6 Å². The molecule has 0 radical (unpaired) electrons. The normalized spacial score (nSPS) is 20.5. The number of carboxylic acids is 1. The summed E-state index contributed by atoms with van der Waals surface area (Å²) in [5.41, 5.74) is 0. The molecule has 1 fully saturated rings. The van der Waals surface area contributed by atoms with Crippen LogP contribution < -0.4 is 5.32 Å². The van der Waals surface area contributed by atoms with Crippen molar-refractivity contribution in [3.8, 4) is 0 Å². The number of carboxylic acid groups (broad SMARTS) is 1. The lowest BCUT2D eigenvalue weighted by Gasteiger charge is -2.33. The van der Waals surface area contributed by atoms with E-state index in [4.69, 9.17) is 5.11 Å². The average molecular weight is 302 g/mol. The molecular weight excluding hydrogens is 276 g/mol. The summed E-state index contributed by atoms with van der Waals surface area (Å²) in [5, 5.41) is 11.7. The summed E-state index contributed by atoms with van der Waals surface area (Å²) in [6, 6.07) is 0.168. The molecule has 1 aliphatic heterocycles. The van der Waals surface area contributed by atoms with Crippen LogP contribution in [0.2, 0.25) is 0 Å². The first-order valence-corrected chi connectivity index (χ1v) is 8.53. The number of aliphatic carboxylic acids is 1. The second-order valence-electron chi connectivity index (χ2n) is 5.40. The fourth-order valence-electron chi connectivity index (χ4n) is 2.45. The number of urea groups is 1. The molecule has 1 saturated heterocycles. The lowest BCUT2D eigenvalue weighted by Crippen LogP contribution is -2.48. The fraction of sp³-hybridized carbons (Fsp3) is 0.857. The maximum Gasteiger partial charge on any atom is 0.317 e. The number of piperidine rings is 1. The zero-order chi connectivity index (χ0) is 15.0. The van der Waals surface area contributed by atoms with Crippen LogP contribution in [0.4, 0.5) is 4.79 Å². The first kappa shape index (κ1) is 17.1. The third-order valence-electron chi connectivity index (χ3n) is 3.51. The van der Waals surface area contributed by atoms with E-state index in [1.54, 1.807) is 0 Å². The SMILES string of the molecule is CCSCC(C)NC(=O)N1CCCC(CCC(=O)O)C1. The van der Waals surface area contributed by atoms with Crippen molar-refractivity contribution in [1.82, 2.24) is 10.2 Å². The second-order valence-corrected chi connectivity index (χ2v) is 6.72. The Morgan fingerprint density at radius 3 is 2.90 bits per heavy atom. The van der Waals surface area contributed by atoms with E-state index in [9.17, 15) is 9.59 Å². The van der Waals surface area contributed by atoms with Gasteiger partial charge < -0.3 is 15.3 Å². The quantitative estimate of drug-likeness (QED) is 0.758. The van der Waals surface area contributed by atoms with Gasteiger partial charge in [0.2, 0.25) is 0 Å². The lowest BCUT2D eigenvalue weighted by atomic mass is 9.93. The van der Waals surface area contributed by atoms with Gasteiger partial charge in [-0.1, -0.05) is 6.92 Å². The van der Waals surface area contributed by atoms with Crippen molar-refractivity contribution in [1.29, 1.82) is 0 Å². The van der Waals surface area contributed by atoms with Gasteiger partial charge in [-0.2, -0.15) is 11.8 Å². The Labute approximate surface area is 125 Å². The predicted molar refractivity (Wildman–Crippen MR) is 82.2 cm³/mol. The van der Waals surface area contributed by atoms with E-state index in [0.717, 1.165) is 30.9 Å². The first-order valence-electron chi connectivity index (χ1n) is 7.37. The zero-order valence-electron chi connectivity index (χ0n) is 12.4. The Morgan fingerprint density at radius 1 is 1.50 bits per heavy atom. The van der Waals surface area contributed by atoms with Gasteiger partial charge in [0, 0.05) is 31.3 Å². The summed E-state index contributed by atoms with van der Waals surface area (Å²) >= 11 is 1.82. The maximum absolute atomic E-state index is 12.1. The Balaban J connectivity index is 2.34. The Kier molecular flexibility index (Phi) is 7.80. The molecule has 0 spiro atoms. The van der Waals surface area contributed by atoms with Crippen molar-refractivity contribution in [2.24, 2.45) is 5.92 Å². The molecule has 1 aliphatic rings. The smallest absolute Gasteiger partial charge is 0.317 e. The van der Waals surface area contributed by atoms with Crippen molar-refractivity contribution in [3.63, 3.8) is 0 Å². The molecule has 0 aromatic carbocycles. The van der Waals surface area contributed by atoms with E-state index in [-0.39, 0.29) is 18.5 Å². The molecule has 1 rings (SSSR count). The second kappa shape index (κ2) is 9.10. The summed E-state index contributed by atoms with van der Waals surface area (Å²) < 4.78 is 0. The van der Waals surface area contributed by atoms with Crippen LogP contribution in [0.25, 0.3) is 0 Å². The van der Waals surface area contributed by atoms with Crippen molar-refractivity contribution < 1.29 is 14.7 Å². The van der Waals surface area contributed by atoms with Crippen molar-refractivity contribution in [2.75, 3.05) is 24.6 Å². The largest absolute Gasteiger partial charge is 0.481 e. The molecular formula is C14H26N2O3S. The van der Waals surface area contributed by atoms with Gasteiger partial charge in [-0.3, -0.25) is 4.79 Å². The third-order valence-corrected chi connectivity index (χ3v) is 4.66. The van der Waals surface area contributed by atoms with Crippen LogP contribution in [0, 0.1) is 5.92 Å². The molecule has 0 aromatic heterocycles. The van der Waals surface area contributed by atoms with E-state index < -0.39 is 5.97 Å². The summed E-state index contributed by atoms with van der Waals surface area (Å²) in [6.45, 7) is 5.60. The highest BCUT2D eigenvalue weighted by Crippen LogP contribution is 2.21. The first-order chi connectivity index (χ1) is 9.52. The van der Waals surface area contributed by atoms with Crippen LogP contribution in [0.3, 0.4) is 0 Å². The summed E-state index contributed by atoms with van der Waals surface area (Å²) in [5.74, 6) is 1.56. The standard InChI is InChI=1S/C14H26N2O3S/c1-3-20-10-11(2)15-14(19)16-8-4-5-12(9-16)6-7-13(17)18/h11-12H,3-10H2,1-2H3,(H,15,19)(H,17,18). The minimum atomic E-state index is -0.753. The number of nitrogens with one attached hydrogen (secondary N) is 1. The number of hydrogen-bond donors (Lipinski definition) is 2. The van der Waals surface area contributed by atoms with Crippen LogP contribution in [-0.4, -0.2) is 52.6 Å². The van der Waals surface area contributed by atoms with Crippen LogP contribution in [-0.2, 0) is 4.79 Å². The number of hydrogen-bond acceptors (Lipinski definition) is 3. The molecule has 20 heavy (non-hydrogen) atoms. The van der Waals surface area contributed by atoms with E-state index in [2.05, 4.69) is 12.2 Å². The molecule has 6 heteroatoms. The summed E-state index contributed by atoms with van der Waals surface area (Å²) in [4.78, 5) is 24.6. The van der Waals surface area contributed by atoms with Gasteiger partial charge in [0.25, 0.3) is 0 Å². The lowest BCUT2D eigenvalue weighted by molar-refractivity contribution is -0.137. The highest BCUT2D eigenvalue weighted by atomic mass is 32.2. The number of rotatable bonds is 7. The Morgan fingerprint density at radius 2 is 2.25 bits per heavy atom. The van der Waals surface area contributed by atoms with Crippen LogP contribution in [0.5, 0.6) is 0 Å². The van der Waals surface area contributed by atoms with Crippen LogP contribution in [0.1, 0.15) is 39.5 Å². The Hall–Kier alpha value is -0.910. The maximum atomic E-state index is 12.1. The van der Waals surface area contributed by atoms with Gasteiger partial charge in [0.05, 0.1) is 0 Å². The zero-order valence-corrected chi connectivity index (χ0v) is 13.2. The van der Waals surface area contributed by atoms with Crippen LogP contribution in [0.15, 0.2) is 0 Å². The number of likely N-dealkylation sites (tertiary alicyclic amines) is 1. The Bertz CT molecular complexity index is 326. The molecule has 2 N–H and O–H groups in total. The molecule has 2 amide bonds. The highest BCUT2D eigenvalue weighted by Gasteiger charge is 2.24.